The van der Waals surface area contributed by atoms with Crippen LogP contribution in [0.4, 0.5) is 0 Å². The van der Waals surface area contributed by atoms with E-state index in [1.54, 1.807) is 0 Å². The van der Waals surface area contributed by atoms with Gasteiger partial charge in [-0.1, -0.05) is 297 Å². The number of nitrogens with zero attached hydrogens (tertiary/aromatic N) is 9. The molecule has 28 aromatic rings. The van der Waals surface area contributed by atoms with Crippen molar-refractivity contribution in [2.45, 2.75) is 0 Å². The largest absolute Gasteiger partial charge is 0.455 e. The van der Waals surface area contributed by atoms with Crippen molar-refractivity contribution in [3.63, 3.8) is 0 Å². The van der Waals surface area contributed by atoms with E-state index in [-0.39, 0.29) is 0 Å². The minimum Gasteiger partial charge on any atom is -0.455 e. The highest BCUT2D eigenvalue weighted by molar-refractivity contribution is 7.27. The molecule has 0 aliphatic carbocycles. The fraction of sp³-hybridized carbons (Fsp3) is 0. The van der Waals surface area contributed by atoms with Gasteiger partial charge in [0.1, 0.15) is 11.2 Å². The van der Waals surface area contributed by atoms with Gasteiger partial charge in [0.25, 0.3) is 0 Å². The molecule has 0 aliphatic rings. The van der Waals surface area contributed by atoms with Crippen LogP contribution in [0.15, 0.2) is 374 Å². The van der Waals surface area contributed by atoms with E-state index in [1.165, 1.54) is 61.9 Å². The van der Waals surface area contributed by atoms with Crippen LogP contribution in [-0.2, 0) is 0 Å². The van der Waals surface area contributed by atoms with Crippen molar-refractivity contribution >= 4 is 226 Å². The highest BCUT2D eigenvalue weighted by Crippen LogP contribution is 2.54. The molecule has 0 saturated heterocycles. The van der Waals surface area contributed by atoms with Crippen LogP contribution in [0.1, 0.15) is 0 Å². The molecule has 9 aromatic heterocycles. The molecule has 9 heterocycles. The summed E-state index contributed by atoms with van der Waals surface area (Å²) in [5, 5.41) is 25.7. The van der Waals surface area contributed by atoms with Crippen molar-refractivity contribution in [3.05, 3.63) is 370 Å². The van der Waals surface area contributed by atoms with Gasteiger partial charge < -0.3 is 4.42 Å². The molecule has 0 radical (unpaired) electrons. The molecule has 28 rings (SSSR count). The number of rotatable bonds is 8. The molecule has 572 valence electrons. The second-order valence-corrected chi connectivity index (χ2v) is 34.6. The standard InChI is InChI=1S/C112H61N9OS2/c1-2-28-63(29-3-1)100-84-58-53-62-27-4-5-33-69(62)102(84)117-112(115-100)121-88-48-21-14-41-78(88)94-70-56-54-65(60-85(70)95-82-44-17-24-51-92(82)124-109(95)106(94)121)64-30-26-31-67(59-64)101-76-39-12-19-46-86(76)113-110(116-101)119-89-49-22-15-42-79(89)96-98-81-57-55-66(61-91(81)122-107(98)74-37-10-8-35-72(74)104(96)119)68-32-6-7-34-71(68)103-77-40-13-20-47-87(77)114-111(118-103)120-90-50-23-16-43-80(90)97-99-83-45-18-25-52-93(83)123-108(99)75-38-11-9-36-73(75)105(97)120/h1-61H. The van der Waals surface area contributed by atoms with Crippen molar-refractivity contribution in [3.8, 4) is 73.9 Å². The third kappa shape index (κ3) is 9.51. The van der Waals surface area contributed by atoms with Gasteiger partial charge in [-0.2, -0.15) is 0 Å². The lowest BCUT2D eigenvalue weighted by molar-refractivity contribution is 0.673. The summed E-state index contributed by atoms with van der Waals surface area (Å²) in [5.41, 5.74) is 20.3. The van der Waals surface area contributed by atoms with Gasteiger partial charge >= 0.3 is 0 Å². The number of hydrogen-bond donors (Lipinski definition) is 0. The first-order valence-electron chi connectivity index (χ1n) is 41.9. The predicted molar refractivity (Wildman–Crippen MR) is 519 cm³/mol. The summed E-state index contributed by atoms with van der Waals surface area (Å²) in [6.07, 6.45) is 0. The van der Waals surface area contributed by atoms with E-state index in [1.807, 2.05) is 22.7 Å². The van der Waals surface area contributed by atoms with Crippen molar-refractivity contribution < 1.29 is 4.42 Å². The van der Waals surface area contributed by atoms with Gasteiger partial charge in [0.15, 0.2) is 0 Å². The Morgan fingerprint density at radius 2 is 0.694 bits per heavy atom. The van der Waals surface area contributed by atoms with Crippen molar-refractivity contribution in [2.24, 2.45) is 0 Å². The molecule has 0 N–H and O–H groups in total. The molecule has 0 amide bonds. The maximum Gasteiger partial charge on any atom is 0.235 e. The predicted octanol–water partition coefficient (Wildman–Crippen LogP) is 30.4. The van der Waals surface area contributed by atoms with Crippen molar-refractivity contribution in [1.29, 1.82) is 0 Å². The third-order valence-corrected chi connectivity index (χ3v) is 28.4. The van der Waals surface area contributed by atoms with E-state index in [2.05, 4.69) is 384 Å². The third-order valence-electron chi connectivity index (χ3n) is 26.0. The Kier molecular flexibility index (Phi) is 14.0. The highest BCUT2D eigenvalue weighted by atomic mass is 32.1. The summed E-state index contributed by atoms with van der Waals surface area (Å²) >= 11 is 3.71. The lowest BCUT2D eigenvalue weighted by atomic mass is 9.94. The van der Waals surface area contributed by atoms with Crippen LogP contribution in [0.25, 0.3) is 277 Å². The lowest BCUT2D eigenvalue weighted by Gasteiger charge is -2.15. The van der Waals surface area contributed by atoms with E-state index in [0.717, 1.165) is 198 Å². The van der Waals surface area contributed by atoms with E-state index < -0.39 is 0 Å². The van der Waals surface area contributed by atoms with E-state index >= 15 is 0 Å². The number of benzene rings is 19. The summed E-state index contributed by atoms with van der Waals surface area (Å²) in [7, 11) is 0. The highest BCUT2D eigenvalue weighted by Gasteiger charge is 2.31. The van der Waals surface area contributed by atoms with Crippen LogP contribution in [0, 0.1) is 0 Å². The molecular formula is C112H61N9OS2. The van der Waals surface area contributed by atoms with E-state index in [4.69, 9.17) is 34.3 Å². The van der Waals surface area contributed by atoms with Gasteiger partial charge in [0.05, 0.1) is 71.4 Å². The van der Waals surface area contributed by atoms with Crippen LogP contribution in [0.3, 0.4) is 0 Å². The number of aromatic nitrogens is 9. The molecule has 0 spiro atoms. The molecular weight excluding hydrogens is 1550 g/mol. The first kappa shape index (κ1) is 67.7. The zero-order valence-corrected chi connectivity index (χ0v) is 67.6. The summed E-state index contributed by atoms with van der Waals surface area (Å²) in [6.45, 7) is 0. The molecule has 19 aromatic carbocycles. The Morgan fingerprint density at radius 3 is 1.40 bits per heavy atom. The Morgan fingerprint density at radius 1 is 0.226 bits per heavy atom. The average Bonchev–Trinajstić information content (AvgIpc) is 1.54. The molecule has 12 heteroatoms. The maximum absolute atomic E-state index is 7.41. The average molecular weight is 1610 g/mol. The Balaban J connectivity index is 0.600. The molecule has 10 nitrogen and oxygen atoms in total. The molecule has 0 unspecified atom stereocenters. The zero-order chi connectivity index (χ0) is 80.7. The second-order valence-electron chi connectivity index (χ2n) is 32.5. The zero-order valence-electron chi connectivity index (χ0n) is 66.0. The summed E-state index contributed by atoms with van der Waals surface area (Å²) < 4.78 is 19.3. The Bertz CT molecular complexity index is 9620. The van der Waals surface area contributed by atoms with Gasteiger partial charge in [0, 0.05) is 139 Å². The van der Waals surface area contributed by atoms with Crippen molar-refractivity contribution in [1.82, 2.24) is 43.6 Å². The van der Waals surface area contributed by atoms with E-state index in [0.29, 0.717) is 17.8 Å². The normalized spacial score (nSPS) is 12.4. The van der Waals surface area contributed by atoms with Crippen LogP contribution >= 0.6 is 22.7 Å². The number of hydrogen-bond acceptors (Lipinski definition) is 9. The van der Waals surface area contributed by atoms with Gasteiger partial charge in [-0.3, -0.25) is 13.7 Å². The fourth-order valence-corrected chi connectivity index (χ4v) is 23.3. The first-order chi connectivity index (χ1) is 61.5. The Hall–Kier alpha value is -16.1. The topological polar surface area (TPSA) is 105 Å². The van der Waals surface area contributed by atoms with Crippen LogP contribution in [0.5, 0.6) is 0 Å². The van der Waals surface area contributed by atoms with Crippen LogP contribution < -0.4 is 0 Å². The lowest BCUT2D eigenvalue weighted by Crippen LogP contribution is -2.04. The fourth-order valence-electron chi connectivity index (χ4n) is 20.7. The summed E-state index contributed by atoms with van der Waals surface area (Å²) in [4.78, 5) is 34.0. The first-order valence-corrected chi connectivity index (χ1v) is 43.5. The SMILES string of the molecule is c1ccc(-c2nc(-n3c4ccccc4c4c5ccc(-c6cccc(-c7nc(-n8c9ccccc9c9c%10c%11ccc(-c%12ccccc%12-c%12nc(-n%13c%14ccccc%14c%14c%15c%16ccccc%16sc%15c%15ccccc%15c%14%13)nc%13ccccc%12%13)cc%11oc%10c%10ccccc%10c98)nc8ccccc78)c6)cc5c5c6ccccc6sc5c43)nc3c2ccc2ccccc23)cc1. The number of para-hydroxylation sites is 5. The maximum atomic E-state index is 7.41. The van der Waals surface area contributed by atoms with Gasteiger partial charge in [-0.15, -0.1) is 22.7 Å². The molecule has 0 saturated carbocycles. The Labute approximate surface area is 712 Å². The summed E-state index contributed by atoms with van der Waals surface area (Å²) in [5.74, 6) is 1.81. The minimum atomic E-state index is 0.570. The second kappa shape index (κ2) is 25.7. The van der Waals surface area contributed by atoms with E-state index in [9.17, 15) is 0 Å². The monoisotopic (exact) mass is 1610 g/mol. The smallest absolute Gasteiger partial charge is 0.235 e. The van der Waals surface area contributed by atoms with Gasteiger partial charge in [-0.05, 0) is 111 Å². The molecule has 0 atom stereocenters. The number of fused-ring (bicyclic) bond motifs is 35. The quantitative estimate of drug-likeness (QED) is 0.140. The summed E-state index contributed by atoms with van der Waals surface area (Å²) in [6, 6.07) is 133. The minimum absolute atomic E-state index is 0.570. The molecule has 0 bridgehead atoms. The molecule has 0 fully saturated rings. The number of thiophene rings is 2. The van der Waals surface area contributed by atoms with Crippen molar-refractivity contribution in [2.75, 3.05) is 0 Å². The van der Waals surface area contributed by atoms with Gasteiger partial charge in [-0.25, -0.2) is 29.9 Å². The molecule has 0 aliphatic heterocycles. The number of furan rings is 1. The molecule has 124 heavy (non-hydrogen) atoms. The van der Waals surface area contributed by atoms with Crippen LogP contribution in [0.2, 0.25) is 0 Å². The van der Waals surface area contributed by atoms with Gasteiger partial charge in [0.2, 0.25) is 17.8 Å². The van der Waals surface area contributed by atoms with Crippen LogP contribution in [-0.4, -0.2) is 43.6 Å².